The molecule has 0 fully saturated rings. The van der Waals surface area contributed by atoms with E-state index < -0.39 is 0 Å². The van der Waals surface area contributed by atoms with E-state index in [-0.39, 0.29) is 6.10 Å². The lowest BCUT2D eigenvalue weighted by molar-refractivity contribution is 0.240. The zero-order valence-electron chi connectivity index (χ0n) is 5.60. The number of halogens is 1. The van der Waals surface area contributed by atoms with Crippen LogP contribution in [0.2, 0.25) is 0 Å². The van der Waals surface area contributed by atoms with Gasteiger partial charge in [-0.3, -0.25) is 0 Å². The molecule has 1 aliphatic carbocycles. The number of rotatable bonds is 0. The Bertz CT molecular complexity index is 260. The first-order chi connectivity index (χ1) is 4.77. The number of hydrogen-bond acceptors (Lipinski definition) is 1. The minimum absolute atomic E-state index is 0.189. The summed E-state index contributed by atoms with van der Waals surface area (Å²) in [5, 5.41) is 0. The monoisotopic (exact) mass is 198 g/mol. The summed E-state index contributed by atoms with van der Waals surface area (Å²) in [6, 6.07) is 0. The first kappa shape index (κ1) is 6.23. The summed E-state index contributed by atoms with van der Waals surface area (Å²) in [7, 11) is 0. The maximum Gasteiger partial charge on any atom is 0.143 e. The number of ether oxygens (including phenoxy) is 1. The minimum atomic E-state index is 0.189. The summed E-state index contributed by atoms with van der Waals surface area (Å²) in [5.74, 6) is 0. The zero-order chi connectivity index (χ0) is 7.14. The van der Waals surface area contributed by atoms with Crippen molar-refractivity contribution in [3.05, 3.63) is 34.0 Å². The number of hydrogen-bond donors (Lipinski definition) is 0. The SMILES string of the molecule is CC1=CC2OC=C(Br)C2=C1. The first-order valence-corrected chi connectivity index (χ1v) is 3.98. The van der Waals surface area contributed by atoms with Crippen LogP contribution in [0.3, 0.4) is 0 Å². The summed E-state index contributed by atoms with van der Waals surface area (Å²) in [4.78, 5) is 0. The van der Waals surface area contributed by atoms with Gasteiger partial charge in [0, 0.05) is 5.57 Å². The molecule has 0 saturated heterocycles. The largest absolute Gasteiger partial charge is 0.488 e. The lowest BCUT2D eigenvalue weighted by atomic mass is 10.2. The minimum Gasteiger partial charge on any atom is -0.488 e. The van der Waals surface area contributed by atoms with Gasteiger partial charge in [-0.2, -0.15) is 0 Å². The lowest BCUT2D eigenvalue weighted by Gasteiger charge is -2.00. The lowest BCUT2D eigenvalue weighted by Crippen LogP contribution is -1.99. The summed E-state index contributed by atoms with van der Waals surface area (Å²) in [6.45, 7) is 2.08. The second-order valence-electron chi connectivity index (χ2n) is 2.53. The van der Waals surface area contributed by atoms with Gasteiger partial charge in [-0.25, -0.2) is 0 Å². The summed E-state index contributed by atoms with van der Waals surface area (Å²) in [6.07, 6.45) is 6.19. The van der Waals surface area contributed by atoms with Crippen LogP contribution in [0.15, 0.2) is 34.0 Å². The maximum absolute atomic E-state index is 5.31. The summed E-state index contributed by atoms with van der Waals surface area (Å²) < 4.78 is 6.38. The molecule has 10 heavy (non-hydrogen) atoms. The third-order valence-electron chi connectivity index (χ3n) is 1.70. The third kappa shape index (κ3) is 0.754. The molecule has 2 heteroatoms. The fraction of sp³-hybridized carbons (Fsp3) is 0.250. The average Bonchev–Trinajstić information content (AvgIpc) is 2.35. The van der Waals surface area contributed by atoms with Crippen molar-refractivity contribution in [2.45, 2.75) is 13.0 Å². The predicted octanol–water partition coefficient (Wildman–Crippen LogP) is 2.51. The van der Waals surface area contributed by atoms with E-state index in [1.165, 1.54) is 11.1 Å². The van der Waals surface area contributed by atoms with E-state index in [0.29, 0.717) is 0 Å². The van der Waals surface area contributed by atoms with Gasteiger partial charge in [-0.05, 0) is 28.9 Å². The van der Waals surface area contributed by atoms with Gasteiger partial charge in [0.15, 0.2) is 0 Å². The molecule has 0 saturated carbocycles. The van der Waals surface area contributed by atoms with Crippen LogP contribution in [0.25, 0.3) is 0 Å². The second kappa shape index (κ2) is 1.99. The standard InChI is InChI=1S/C8H7BrO/c1-5-2-6-7(9)4-10-8(6)3-5/h2-4,8H,1H3. The Morgan fingerprint density at radius 1 is 1.60 bits per heavy atom. The van der Waals surface area contributed by atoms with Gasteiger partial charge in [0.2, 0.25) is 0 Å². The smallest absolute Gasteiger partial charge is 0.143 e. The van der Waals surface area contributed by atoms with Crippen molar-refractivity contribution in [2.24, 2.45) is 0 Å². The Labute approximate surface area is 68.2 Å². The van der Waals surface area contributed by atoms with Crippen LogP contribution < -0.4 is 0 Å². The molecule has 0 N–H and O–H groups in total. The van der Waals surface area contributed by atoms with Crippen molar-refractivity contribution in [2.75, 3.05) is 0 Å². The molecule has 0 spiro atoms. The van der Waals surface area contributed by atoms with Crippen LogP contribution in [0.5, 0.6) is 0 Å². The third-order valence-corrected chi connectivity index (χ3v) is 2.34. The van der Waals surface area contributed by atoms with Gasteiger partial charge in [0.05, 0.1) is 10.7 Å². The van der Waals surface area contributed by atoms with Gasteiger partial charge in [-0.1, -0.05) is 11.6 Å². The van der Waals surface area contributed by atoms with Crippen LogP contribution in [0, 0.1) is 0 Å². The Kier molecular flexibility index (Phi) is 1.24. The molecule has 1 aliphatic heterocycles. The highest BCUT2D eigenvalue weighted by atomic mass is 79.9. The molecule has 0 radical (unpaired) electrons. The van der Waals surface area contributed by atoms with Gasteiger partial charge in [0.25, 0.3) is 0 Å². The highest BCUT2D eigenvalue weighted by Gasteiger charge is 2.25. The van der Waals surface area contributed by atoms with Crippen molar-refractivity contribution in [1.29, 1.82) is 0 Å². The molecule has 0 amide bonds. The van der Waals surface area contributed by atoms with E-state index in [1.807, 2.05) is 0 Å². The van der Waals surface area contributed by atoms with E-state index >= 15 is 0 Å². The van der Waals surface area contributed by atoms with Crippen molar-refractivity contribution in [3.8, 4) is 0 Å². The van der Waals surface area contributed by atoms with Crippen molar-refractivity contribution < 1.29 is 4.74 Å². The molecular weight excluding hydrogens is 192 g/mol. The molecule has 0 aromatic heterocycles. The zero-order valence-corrected chi connectivity index (χ0v) is 7.18. The fourth-order valence-electron chi connectivity index (χ4n) is 1.22. The van der Waals surface area contributed by atoms with E-state index in [9.17, 15) is 0 Å². The molecule has 52 valence electrons. The van der Waals surface area contributed by atoms with Gasteiger partial charge in [-0.15, -0.1) is 0 Å². The first-order valence-electron chi connectivity index (χ1n) is 3.19. The van der Waals surface area contributed by atoms with Gasteiger partial charge < -0.3 is 4.74 Å². The molecule has 1 nitrogen and oxygen atoms in total. The van der Waals surface area contributed by atoms with Crippen LogP contribution in [-0.2, 0) is 4.74 Å². The highest BCUT2D eigenvalue weighted by Crippen LogP contribution is 2.35. The molecule has 0 aromatic carbocycles. The van der Waals surface area contributed by atoms with E-state index in [2.05, 4.69) is 35.0 Å². The Morgan fingerprint density at radius 3 is 3.10 bits per heavy atom. The van der Waals surface area contributed by atoms with E-state index in [1.54, 1.807) is 6.26 Å². The second-order valence-corrected chi connectivity index (χ2v) is 3.39. The van der Waals surface area contributed by atoms with Crippen LogP contribution >= 0.6 is 15.9 Å². The van der Waals surface area contributed by atoms with Gasteiger partial charge in [0.1, 0.15) is 6.10 Å². The Hall–Kier alpha value is -0.500. The summed E-state index contributed by atoms with van der Waals surface area (Å²) >= 11 is 3.41. The van der Waals surface area contributed by atoms with Crippen LogP contribution in [-0.4, -0.2) is 6.10 Å². The summed E-state index contributed by atoms with van der Waals surface area (Å²) in [5.41, 5.74) is 2.53. The molecular formula is C8H7BrO. The van der Waals surface area contributed by atoms with E-state index in [0.717, 1.165) is 4.48 Å². The molecule has 0 aromatic rings. The molecule has 1 heterocycles. The highest BCUT2D eigenvalue weighted by molar-refractivity contribution is 9.12. The molecule has 1 atom stereocenters. The molecule has 2 rings (SSSR count). The maximum atomic E-state index is 5.31. The molecule has 1 unspecified atom stereocenters. The van der Waals surface area contributed by atoms with Crippen LogP contribution in [0.4, 0.5) is 0 Å². The van der Waals surface area contributed by atoms with Crippen molar-refractivity contribution in [3.63, 3.8) is 0 Å². The molecule has 0 bridgehead atoms. The fourth-order valence-corrected chi connectivity index (χ4v) is 1.67. The van der Waals surface area contributed by atoms with Crippen LogP contribution in [0.1, 0.15) is 6.92 Å². The number of fused-ring (bicyclic) bond motifs is 1. The topological polar surface area (TPSA) is 9.23 Å². The van der Waals surface area contributed by atoms with Crippen molar-refractivity contribution >= 4 is 15.9 Å². The predicted molar refractivity (Wildman–Crippen MR) is 43.7 cm³/mol. The average molecular weight is 199 g/mol. The van der Waals surface area contributed by atoms with Gasteiger partial charge >= 0.3 is 0 Å². The quantitative estimate of drug-likeness (QED) is 0.582. The Morgan fingerprint density at radius 2 is 2.40 bits per heavy atom. The van der Waals surface area contributed by atoms with Crippen molar-refractivity contribution in [1.82, 2.24) is 0 Å². The number of allylic oxidation sites excluding steroid dienone is 2. The Balaban J connectivity index is 2.38. The normalized spacial score (nSPS) is 28.6. The van der Waals surface area contributed by atoms with E-state index in [4.69, 9.17) is 4.74 Å². The molecule has 2 aliphatic rings.